The highest BCUT2D eigenvalue weighted by Crippen LogP contribution is 2.36. The molecule has 1 aliphatic heterocycles. The first-order valence-electron chi connectivity index (χ1n) is 7.37. The van der Waals surface area contributed by atoms with Gasteiger partial charge < -0.3 is 4.74 Å². The molecule has 0 spiro atoms. The fraction of sp³-hybridized carbons (Fsp3) is 0.600. The molecule has 1 fully saturated rings. The minimum atomic E-state index is -3.65. The SMILES string of the molecule is CCOc1cc(Cl)c(S(=O)(=O)N2C[C@H](C)C[C@@H](C)C2)cc1Cl. The molecule has 2 atom stereocenters. The van der Waals surface area contributed by atoms with Crippen molar-refractivity contribution in [3.8, 4) is 5.75 Å². The Balaban J connectivity index is 2.39. The highest BCUT2D eigenvalue weighted by Gasteiger charge is 2.33. The number of halogens is 2. The second-order valence-corrected chi connectivity index (χ2v) is 8.63. The van der Waals surface area contributed by atoms with Crippen LogP contribution in [0.2, 0.25) is 10.0 Å². The summed E-state index contributed by atoms with van der Waals surface area (Å²) in [5, 5.41) is 0.390. The highest BCUT2D eigenvalue weighted by molar-refractivity contribution is 7.89. The molecule has 0 amide bonds. The third-order valence-electron chi connectivity index (χ3n) is 3.74. The van der Waals surface area contributed by atoms with E-state index in [4.69, 9.17) is 27.9 Å². The summed E-state index contributed by atoms with van der Waals surface area (Å²) in [6, 6.07) is 2.85. The number of piperidine rings is 1. The average molecular weight is 366 g/mol. The topological polar surface area (TPSA) is 46.6 Å². The van der Waals surface area contributed by atoms with Crippen molar-refractivity contribution in [2.24, 2.45) is 11.8 Å². The molecule has 124 valence electrons. The first kappa shape index (κ1) is 17.9. The molecule has 0 aromatic heterocycles. The molecule has 1 saturated heterocycles. The third kappa shape index (κ3) is 3.70. The van der Waals surface area contributed by atoms with Crippen molar-refractivity contribution in [2.45, 2.75) is 32.1 Å². The standard InChI is InChI=1S/C15H21Cl2NO3S/c1-4-21-14-6-13(17)15(7-12(14)16)22(19,20)18-8-10(2)5-11(3)9-18/h6-7,10-11H,4-5,8-9H2,1-3H3/t10-,11-/m1/s1. The molecule has 0 saturated carbocycles. The Labute approximate surface area is 142 Å². The number of sulfonamides is 1. The lowest BCUT2D eigenvalue weighted by Gasteiger charge is -2.34. The van der Waals surface area contributed by atoms with Gasteiger partial charge in [0.25, 0.3) is 0 Å². The van der Waals surface area contributed by atoms with Crippen LogP contribution in [-0.2, 0) is 10.0 Å². The van der Waals surface area contributed by atoms with E-state index in [1.165, 1.54) is 16.4 Å². The Bertz CT molecular complexity index is 638. The number of rotatable bonds is 4. The normalized spacial score (nSPS) is 23.5. The zero-order valence-corrected chi connectivity index (χ0v) is 15.3. The number of nitrogens with zero attached hydrogens (tertiary/aromatic N) is 1. The summed E-state index contributed by atoms with van der Waals surface area (Å²) >= 11 is 12.3. The predicted molar refractivity (Wildman–Crippen MR) is 89.3 cm³/mol. The van der Waals surface area contributed by atoms with Gasteiger partial charge in [-0.25, -0.2) is 8.42 Å². The molecule has 0 unspecified atom stereocenters. The van der Waals surface area contributed by atoms with Gasteiger partial charge in [0.05, 0.1) is 16.7 Å². The summed E-state index contributed by atoms with van der Waals surface area (Å²) in [4.78, 5) is 0.0453. The van der Waals surface area contributed by atoms with E-state index >= 15 is 0 Å². The molecule has 1 aromatic carbocycles. The minimum Gasteiger partial charge on any atom is -0.492 e. The van der Waals surface area contributed by atoms with Gasteiger partial charge in [-0.3, -0.25) is 0 Å². The fourth-order valence-electron chi connectivity index (χ4n) is 2.92. The maximum Gasteiger partial charge on any atom is 0.244 e. The Morgan fingerprint density at radius 2 is 1.77 bits per heavy atom. The number of hydrogen-bond acceptors (Lipinski definition) is 3. The molecule has 1 aromatic rings. The summed E-state index contributed by atoms with van der Waals surface area (Å²) in [6.07, 6.45) is 1.03. The Kier molecular flexibility index (Phi) is 5.64. The van der Waals surface area contributed by atoms with Crippen molar-refractivity contribution >= 4 is 33.2 Å². The quantitative estimate of drug-likeness (QED) is 0.807. The van der Waals surface area contributed by atoms with Crippen LogP contribution in [-0.4, -0.2) is 32.4 Å². The fourth-order valence-corrected chi connectivity index (χ4v) is 5.40. The molecule has 2 rings (SSSR count). The van der Waals surface area contributed by atoms with Gasteiger partial charge in [-0.2, -0.15) is 4.31 Å². The third-order valence-corrected chi connectivity index (χ3v) is 6.33. The maximum atomic E-state index is 12.9. The number of ether oxygens (including phenoxy) is 1. The zero-order chi connectivity index (χ0) is 16.5. The Hall–Kier alpha value is -0.490. The van der Waals surface area contributed by atoms with Gasteiger partial charge in [0, 0.05) is 19.2 Å². The van der Waals surface area contributed by atoms with Gasteiger partial charge in [-0.1, -0.05) is 37.0 Å². The highest BCUT2D eigenvalue weighted by atomic mass is 35.5. The van der Waals surface area contributed by atoms with E-state index in [-0.39, 0.29) is 14.9 Å². The van der Waals surface area contributed by atoms with Gasteiger partial charge in [-0.15, -0.1) is 0 Å². The molecule has 7 heteroatoms. The van der Waals surface area contributed by atoms with Crippen LogP contribution < -0.4 is 4.74 Å². The molecule has 1 heterocycles. The monoisotopic (exact) mass is 365 g/mol. The number of benzene rings is 1. The molecular formula is C15H21Cl2NO3S. The molecular weight excluding hydrogens is 345 g/mol. The van der Waals surface area contributed by atoms with Gasteiger partial charge in [0.1, 0.15) is 10.6 Å². The summed E-state index contributed by atoms with van der Waals surface area (Å²) < 4.78 is 32.6. The summed E-state index contributed by atoms with van der Waals surface area (Å²) in [6.45, 7) is 7.40. The van der Waals surface area contributed by atoms with E-state index in [1.807, 2.05) is 6.92 Å². The van der Waals surface area contributed by atoms with Crippen LogP contribution in [0.3, 0.4) is 0 Å². The zero-order valence-electron chi connectivity index (χ0n) is 13.0. The molecule has 0 N–H and O–H groups in total. The van der Waals surface area contributed by atoms with E-state index in [9.17, 15) is 8.42 Å². The predicted octanol–water partition coefficient (Wildman–Crippen LogP) is 4.06. The van der Waals surface area contributed by atoms with Crippen LogP contribution in [0.1, 0.15) is 27.2 Å². The smallest absolute Gasteiger partial charge is 0.244 e. The Morgan fingerprint density at radius 3 is 2.32 bits per heavy atom. The number of hydrogen-bond donors (Lipinski definition) is 0. The van der Waals surface area contributed by atoms with E-state index in [0.717, 1.165) is 6.42 Å². The van der Waals surface area contributed by atoms with Crippen molar-refractivity contribution in [3.63, 3.8) is 0 Å². The summed E-state index contributed by atoms with van der Waals surface area (Å²) in [7, 11) is -3.65. The minimum absolute atomic E-state index is 0.0453. The van der Waals surface area contributed by atoms with E-state index in [2.05, 4.69) is 13.8 Å². The lowest BCUT2D eigenvalue weighted by Crippen LogP contribution is -2.42. The van der Waals surface area contributed by atoms with Crippen molar-refractivity contribution in [1.29, 1.82) is 0 Å². The van der Waals surface area contributed by atoms with E-state index in [1.54, 1.807) is 0 Å². The molecule has 4 nitrogen and oxygen atoms in total. The van der Waals surface area contributed by atoms with Crippen molar-refractivity contribution in [3.05, 3.63) is 22.2 Å². The van der Waals surface area contributed by atoms with Crippen LogP contribution in [0, 0.1) is 11.8 Å². The largest absolute Gasteiger partial charge is 0.492 e. The van der Waals surface area contributed by atoms with Gasteiger partial charge in [-0.05, 0) is 31.2 Å². The van der Waals surface area contributed by atoms with Gasteiger partial charge in [0.2, 0.25) is 10.0 Å². The van der Waals surface area contributed by atoms with Crippen LogP contribution in [0.4, 0.5) is 0 Å². The molecule has 22 heavy (non-hydrogen) atoms. The van der Waals surface area contributed by atoms with Crippen LogP contribution in [0.25, 0.3) is 0 Å². The maximum absolute atomic E-state index is 12.9. The first-order valence-corrected chi connectivity index (χ1v) is 9.57. The molecule has 0 aliphatic carbocycles. The van der Waals surface area contributed by atoms with E-state index < -0.39 is 10.0 Å². The first-order chi connectivity index (χ1) is 10.3. The van der Waals surface area contributed by atoms with Crippen molar-refractivity contribution < 1.29 is 13.2 Å². The lowest BCUT2D eigenvalue weighted by molar-refractivity contribution is 0.222. The Morgan fingerprint density at radius 1 is 1.18 bits per heavy atom. The molecule has 0 bridgehead atoms. The van der Waals surface area contributed by atoms with Crippen LogP contribution in [0.5, 0.6) is 5.75 Å². The summed E-state index contributed by atoms with van der Waals surface area (Å²) in [5.74, 6) is 1.06. The summed E-state index contributed by atoms with van der Waals surface area (Å²) in [5.41, 5.74) is 0. The average Bonchev–Trinajstić information content (AvgIpc) is 2.41. The molecule has 0 radical (unpaired) electrons. The van der Waals surface area contributed by atoms with Crippen molar-refractivity contribution in [1.82, 2.24) is 4.31 Å². The van der Waals surface area contributed by atoms with Crippen molar-refractivity contribution in [2.75, 3.05) is 19.7 Å². The van der Waals surface area contributed by atoms with E-state index in [0.29, 0.717) is 37.3 Å². The van der Waals surface area contributed by atoms with Crippen LogP contribution >= 0.6 is 23.2 Å². The second-order valence-electron chi connectivity index (χ2n) is 5.91. The lowest BCUT2D eigenvalue weighted by atomic mass is 9.94. The van der Waals surface area contributed by atoms with Crippen LogP contribution in [0.15, 0.2) is 17.0 Å². The van der Waals surface area contributed by atoms with Gasteiger partial charge >= 0.3 is 0 Å². The second kappa shape index (κ2) is 6.95. The molecule has 1 aliphatic rings. The van der Waals surface area contributed by atoms with Gasteiger partial charge in [0.15, 0.2) is 0 Å².